The molecule has 0 radical (unpaired) electrons. The average Bonchev–Trinajstić information content (AvgIpc) is 2.84. The van der Waals surface area contributed by atoms with E-state index in [1.165, 1.54) is 11.1 Å². The Balaban J connectivity index is 1.57. The van der Waals surface area contributed by atoms with Crippen LogP contribution in [0.3, 0.4) is 0 Å². The van der Waals surface area contributed by atoms with Crippen LogP contribution in [0.4, 0.5) is 11.6 Å². The molecule has 8 nitrogen and oxygen atoms in total. The van der Waals surface area contributed by atoms with Gasteiger partial charge in [0.15, 0.2) is 11.6 Å². The number of aryl methyl sites for hydroxylation is 1. The van der Waals surface area contributed by atoms with Crippen molar-refractivity contribution in [3.05, 3.63) is 52.3 Å². The molecule has 0 saturated carbocycles. The Bertz CT molecular complexity index is 1200. The van der Waals surface area contributed by atoms with Gasteiger partial charge in [-0.3, -0.25) is 9.88 Å². The second-order valence-corrected chi connectivity index (χ2v) is 10.8. The number of aliphatic hydroxyl groups excluding tert-OH is 1. The Kier molecular flexibility index (Phi) is 7.99. The molecule has 1 unspecified atom stereocenters. The number of hydrogen-bond acceptors (Lipinski definition) is 8. The predicted molar refractivity (Wildman–Crippen MR) is 146 cm³/mol. The molecule has 36 heavy (non-hydrogen) atoms. The first-order chi connectivity index (χ1) is 17.0. The van der Waals surface area contributed by atoms with Gasteiger partial charge in [0.1, 0.15) is 11.6 Å². The first-order valence-electron chi connectivity index (χ1n) is 12.6. The van der Waals surface area contributed by atoms with Crippen LogP contribution in [0.25, 0.3) is 11.0 Å². The van der Waals surface area contributed by atoms with E-state index in [1.807, 2.05) is 6.07 Å². The fourth-order valence-corrected chi connectivity index (χ4v) is 4.57. The third-order valence-corrected chi connectivity index (χ3v) is 6.88. The summed E-state index contributed by atoms with van der Waals surface area (Å²) in [5.74, 6) is 1.51. The van der Waals surface area contributed by atoms with E-state index in [-0.39, 0.29) is 6.04 Å². The molecule has 0 bridgehead atoms. The van der Waals surface area contributed by atoms with Crippen LogP contribution < -0.4 is 10.2 Å². The van der Waals surface area contributed by atoms with Gasteiger partial charge in [0.2, 0.25) is 0 Å². The summed E-state index contributed by atoms with van der Waals surface area (Å²) in [5.41, 5.74) is 2.80. The molecule has 194 valence electrons. The zero-order chi connectivity index (χ0) is 26.0. The molecule has 1 saturated heterocycles. The molecule has 1 aliphatic heterocycles. The Labute approximate surface area is 218 Å². The quantitative estimate of drug-likeness (QED) is 0.413. The lowest BCUT2D eigenvalue weighted by atomic mass is 9.98. The largest absolute Gasteiger partial charge is 0.387 e. The molecule has 3 N–H and O–H groups in total. The van der Waals surface area contributed by atoms with Gasteiger partial charge in [-0.1, -0.05) is 30.7 Å². The van der Waals surface area contributed by atoms with Crippen LogP contribution in [0.15, 0.2) is 30.5 Å². The number of hydrogen-bond donors (Lipinski definition) is 3. The highest BCUT2D eigenvalue weighted by molar-refractivity contribution is 6.31. The normalized spacial score (nSPS) is 16.1. The van der Waals surface area contributed by atoms with Gasteiger partial charge in [0.05, 0.1) is 23.0 Å². The van der Waals surface area contributed by atoms with Gasteiger partial charge in [-0.2, -0.15) is 0 Å². The van der Waals surface area contributed by atoms with Gasteiger partial charge < -0.3 is 20.4 Å². The van der Waals surface area contributed by atoms with Gasteiger partial charge >= 0.3 is 0 Å². The van der Waals surface area contributed by atoms with Crippen molar-refractivity contribution in [1.82, 2.24) is 19.9 Å². The molecule has 3 aromatic rings. The number of rotatable bonds is 8. The molecule has 2 aromatic heterocycles. The SMILES string of the molecule is CCc1ccc(Cl)c(CN2CCN(c3nc4cc(C(O)C(C)(C)O)ncc4nc3NC(C)C)CC2)c1. The van der Waals surface area contributed by atoms with Crippen LogP contribution in [0.5, 0.6) is 0 Å². The number of aliphatic hydroxyl groups is 2. The first-order valence-corrected chi connectivity index (χ1v) is 13.0. The minimum atomic E-state index is -1.31. The van der Waals surface area contributed by atoms with E-state index in [1.54, 1.807) is 26.1 Å². The van der Waals surface area contributed by atoms with Gasteiger partial charge in [0.25, 0.3) is 0 Å². The summed E-state index contributed by atoms with van der Waals surface area (Å²) in [5, 5.41) is 25.0. The average molecular weight is 513 g/mol. The molecule has 1 fully saturated rings. The second-order valence-electron chi connectivity index (χ2n) is 10.4. The maximum atomic E-state index is 10.5. The van der Waals surface area contributed by atoms with Crippen molar-refractivity contribution in [2.24, 2.45) is 0 Å². The maximum Gasteiger partial charge on any atom is 0.172 e. The number of fused-ring (bicyclic) bond motifs is 1. The fraction of sp³-hybridized carbons (Fsp3) is 0.519. The number of nitrogens with zero attached hydrogens (tertiary/aromatic N) is 5. The number of halogens is 1. The molecule has 1 atom stereocenters. The van der Waals surface area contributed by atoms with E-state index in [0.717, 1.165) is 55.8 Å². The minimum Gasteiger partial charge on any atom is -0.387 e. The molecule has 0 aliphatic carbocycles. The van der Waals surface area contributed by atoms with Gasteiger partial charge in [-0.15, -0.1) is 0 Å². The van der Waals surface area contributed by atoms with Crippen LogP contribution in [0, 0.1) is 0 Å². The predicted octanol–water partition coefficient (Wildman–Crippen LogP) is 4.19. The molecule has 1 aliphatic rings. The number of nitrogens with one attached hydrogen (secondary N) is 1. The zero-order valence-corrected chi connectivity index (χ0v) is 22.5. The van der Waals surface area contributed by atoms with E-state index >= 15 is 0 Å². The minimum absolute atomic E-state index is 0.189. The van der Waals surface area contributed by atoms with Crippen LogP contribution in [0.1, 0.15) is 57.5 Å². The monoisotopic (exact) mass is 512 g/mol. The van der Waals surface area contributed by atoms with Crippen LogP contribution in [-0.4, -0.2) is 67.9 Å². The molecular formula is C27H37ClN6O2. The summed E-state index contributed by atoms with van der Waals surface area (Å²) in [6.07, 6.45) is 1.48. The van der Waals surface area contributed by atoms with Crippen molar-refractivity contribution in [3.63, 3.8) is 0 Å². The van der Waals surface area contributed by atoms with Crippen LogP contribution in [-0.2, 0) is 13.0 Å². The summed E-state index contributed by atoms with van der Waals surface area (Å²) in [4.78, 5) is 18.8. The van der Waals surface area contributed by atoms with E-state index in [9.17, 15) is 10.2 Å². The summed E-state index contributed by atoms with van der Waals surface area (Å²) in [6.45, 7) is 13.6. The molecule has 3 heterocycles. The van der Waals surface area contributed by atoms with E-state index < -0.39 is 11.7 Å². The summed E-state index contributed by atoms with van der Waals surface area (Å²) >= 11 is 6.48. The summed E-state index contributed by atoms with van der Waals surface area (Å²) in [7, 11) is 0. The lowest BCUT2D eigenvalue weighted by molar-refractivity contribution is -0.0516. The molecule has 0 spiro atoms. The molecule has 1 aromatic carbocycles. The number of benzene rings is 1. The summed E-state index contributed by atoms with van der Waals surface area (Å²) in [6, 6.07) is 8.20. The van der Waals surface area contributed by atoms with Crippen molar-refractivity contribution < 1.29 is 10.2 Å². The van der Waals surface area contributed by atoms with Crippen molar-refractivity contribution in [2.75, 3.05) is 36.4 Å². The third kappa shape index (κ3) is 6.06. The number of piperazine rings is 1. The van der Waals surface area contributed by atoms with Gasteiger partial charge in [-0.05, 0) is 57.4 Å². The first kappa shape index (κ1) is 26.5. The highest BCUT2D eigenvalue weighted by atomic mass is 35.5. The molecule has 9 heteroatoms. The Morgan fingerprint density at radius 1 is 1.08 bits per heavy atom. The third-order valence-electron chi connectivity index (χ3n) is 6.51. The standard InChI is InChI=1S/C27H37ClN6O2/c1-6-18-7-8-20(28)19(13-18)16-33-9-11-34(12-10-33)26-25(30-17(2)3)31-23-15-29-22(14-21(23)32-26)24(35)27(4,5)36/h7-8,13-15,17,24,35-36H,6,9-12,16H2,1-5H3,(H,30,31). The van der Waals surface area contributed by atoms with Gasteiger partial charge in [-0.25, -0.2) is 9.97 Å². The van der Waals surface area contributed by atoms with E-state index in [0.29, 0.717) is 16.7 Å². The zero-order valence-electron chi connectivity index (χ0n) is 21.8. The Morgan fingerprint density at radius 2 is 1.81 bits per heavy atom. The molecule has 4 rings (SSSR count). The van der Waals surface area contributed by atoms with E-state index in [2.05, 4.69) is 53.0 Å². The Morgan fingerprint density at radius 3 is 2.44 bits per heavy atom. The van der Waals surface area contributed by atoms with Crippen molar-refractivity contribution in [3.8, 4) is 0 Å². The maximum absolute atomic E-state index is 10.5. The van der Waals surface area contributed by atoms with Crippen molar-refractivity contribution >= 4 is 34.3 Å². The second kappa shape index (κ2) is 10.8. The Hall–Kier alpha value is -2.52. The van der Waals surface area contributed by atoms with E-state index in [4.69, 9.17) is 21.6 Å². The number of anilines is 2. The lowest BCUT2D eigenvalue weighted by Crippen LogP contribution is -2.46. The molecule has 0 amide bonds. The summed E-state index contributed by atoms with van der Waals surface area (Å²) < 4.78 is 0. The lowest BCUT2D eigenvalue weighted by Gasteiger charge is -2.36. The number of aromatic nitrogens is 3. The van der Waals surface area contributed by atoms with Crippen LogP contribution >= 0.6 is 11.6 Å². The van der Waals surface area contributed by atoms with Crippen LogP contribution in [0.2, 0.25) is 5.02 Å². The smallest absolute Gasteiger partial charge is 0.172 e. The van der Waals surface area contributed by atoms with Crippen molar-refractivity contribution in [1.29, 1.82) is 0 Å². The topological polar surface area (TPSA) is 97.6 Å². The highest BCUT2D eigenvalue weighted by Gasteiger charge is 2.28. The fourth-order valence-electron chi connectivity index (χ4n) is 4.40. The molecular weight excluding hydrogens is 476 g/mol. The number of pyridine rings is 1. The van der Waals surface area contributed by atoms with Gasteiger partial charge in [0, 0.05) is 43.8 Å². The van der Waals surface area contributed by atoms with Crippen molar-refractivity contribution in [2.45, 2.75) is 65.3 Å². The highest BCUT2D eigenvalue weighted by Crippen LogP contribution is 2.30.